The van der Waals surface area contributed by atoms with E-state index in [0.29, 0.717) is 11.2 Å². The molecular formula is C12H12ClF3N6O2. The molecule has 0 saturated heterocycles. The van der Waals surface area contributed by atoms with Crippen molar-refractivity contribution in [3.8, 4) is 0 Å². The van der Waals surface area contributed by atoms with Gasteiger partial charge in [0.25, 0.3) is 11.8 Å². The van der Waals surface area contributed by atoms with Crippen LogP contribution in [0.15, 0.2) is 6.20 Å². The topological polar surface area (TPSA) is 108 Å². The second-order valence-corrected chi connectivity index (χ2v) is 5.08. The molecule has 2 amide bonds. The highest BCUT2D eigenvalue weighted by Crippen LogP contribution is 2.35. The molecule has 24 heavy (non-hydrogen) atoms. The van der Waals surface area contributed by atoms with Gasteiger partial charge in [0.2, 0.25) is 0 Å². The molecule has 2 heterocycles. The first-order valence-corrected chi connectivity index (χ1v) is 6.92. The normalized spacial score (nSPS) is 11.6. The highest BCUT2D eigenvalue weighted by Gasteiger charge is 2.39. The molecule has 0 aliphatic carbocycles. The van der Waals surface area contributed by atoms with Gasteiger partial charge in [0, 0.05) is 19.8 Å². The summed E-state index contributed by atoms with van der Waals surface area (Å²) in [7, 11) is 1.14. The van der Waals surface area contributed by atoms with E-state index in [1.54, 1.807) is 6.92 Å². The summed E-state index contributed by atoms with van der Waals surface area (Å²) in [6.07, 6.45) is -3.48. The maximum atomic E-state index is 12.8. The maximum absolute atomic E-state index is 12.8. The molecule has 0 unspecified atom stereocenters. The molecule has 0 fully saturated rings. The molecule has 0 aliphatic rings. The Balaban J connectivity index is 2.40. The van der Waals surface area contributed by atoms with Crippen molar-refractivity contribution < 1.29 is 22.8 Å². The second kappa shape index (κ2) is 6.15. The molecule has 0 radical (unpaired) electrons. The predicted molar refractivity (Wildman–Crippen MR) is 77.6 cm³/mol. The standard InChI is InChI=1S/C12H12ClF3N6O2/c1-3-22-4-5(7(19-22)10(17)23)18-11(24)8-6(13)9(12(14,15)16)20-21(8)2/h4H,3H2,1-2H3,(H2,17,23)(H,18,24). The summed E-state index contributed by atoms with van der Waals surface area (Å²) in [5.74, 6) is -1.88. The summed E-state index contributed by atoms with van der Waals surface area (Å²) in [6, 6.07) is 0. The third-order valence-electron chi connectivity index (χ3n) is 3.04. The number of nitrogens with zero attached hydrogens (tertiary/aromatic N) is 4. The monoisotopic (exact) mass is 364 g/mol. The molecular weight excluding hydrogens is 353 g/mol. The molecule has 3 N–H and O–H groups in total. The van der Waals surface area contributed by atoms with E-state index >= 15 is 0 Å². The molecule has 0 aromatic carbocycles. The lowest BCUT2D eigenvalue weighted by atomic mass is 10.3. The SMILES string of the molecule is CCn1cc(NC(=O)c2c(Cl)c(C(F)(F)F)nn2C)c(C(N)=O)n1. The fourth-order valence-corrected chi connectivity index (χ4v) is 2.32. The molecule has 0 aliphatic heterocycles. The van der Waals surface area contributed by atoms with Crippen LogP contribution in [0.1, 0.15) is 33.6 Å². The number of alkyl halides is 3. The van der Waals surface area contributed by atoms with Gasteiger partial charge in [0.15, 0.2) is 11.4 Å². The highest BCUT2D eigenvalue weighted by molar-refractivity contribution is 6.35. The first-order chi connectivity index (χ1) is 11.1. The van der Waals surface area contributed by atoms with Crippen LogP contribution in [0, 0.1) is 0 Å². The Bertz CT molecular complexity index is 811. The van der Waals surface area contributed by atoms with E-state index in [1.165, 1.54) is 10.9 Å². The molecule has 0 spiro atoms. The van der Waals surface area contributed by atoms with Crippen LogP contribution in [0.5, 0.6) is 0 Å². The van der Waals surface area contributed by atoms with E-state index in [2.05, 4.69) is 15.5 Å². The Morgan fingerprint density at radius 2 is 2.00 bits per heavy atom. The lowest BCUT2D eigenvalue weighted by Crippen LogP contribution is -2.20. The molecule has 8 nitrogen and oxygen atoms in total. The molecule has 0 atom stereocenters. The second-order valence-electron chi connectivity index (χ2n) is 4.70. The number of primary amides is 1. The first-order valence-electron chi connectivity index (χ1n) is 6.54. The van der Waals surface area contributed by atoms with Crippen LogP contribution in [0.2, 0.25) is 5.02 Å². The van der Waals surface area contributed by atoms with Crippen LogP contribution in [0.3, 0.4) is 0 Å². The Morgan fingerprint density at radius 3 is 2.46 bits per heavy atom. The number of rotatable bonds is 4. The van der Waals surface area contributed by atoms with Crippen LogP contribution in [-0.4, -0.2) is 31.4 Å². The zero-order valence-electron chi connectivity index (χ0n) is 12.5. The van der Waals surface area contributed by atoms with Gasteiger partial charge in [-0.05, 0) is 6.92 Å². The Kier molecular flexibility index (Phi) is 4.56. The summed E-state index contributed by atoms with van der Waals surface area (Å²) >= 11 is 5.63. The highest BCUT2D eigenvalue weighted by atomic mass is 35.5. The van der Waals surface area contributed by atoms with Crippen molar-refractivity contribution in [1.82, 2.24) is 19.6 Å². The number of carbonyl (C=O) groups excluding carboxylic acids is 2. The summed E-state index contributed by atoms with van der Waals surface area (Å²) in [4.78, 5) is 23.6. The molecule has 12 heteroatoms. The smallest absolute Gasteiger partial charge is 0.364 e. The minimum Gasteiger partial charge on any atom is -0.364 e. The molecule has 130 valence electrons. The van der Waals surface area contributed by atoms with E-state index in [4.69, 9.17) is 17.3 Å². The third-order valence-corrected chi connectivity index (χ3v) is 3.40. The van der Waals surface area contributed by atoms with Crippen LogP contribution in [-0.2, 0) is 19.8 Å². The number of aryl methyl sites for hydroxylation is 2. The third kappa shape index (κ3) is 3.20. The van der Waals surface area contributed by atoms with Gasteiger partial charge in [0.1, 0.15) is 10.7 Å². The summed E-state index contributed by atoms with van der Waals surface area (Å²) in [6.45, 7) is 2.12. The van der Waals surface area contributed by atoms with E-state index in [1.807, 2.05) is 0 Å². The molecule has 0 bridgehead atoms. The van der Waals surface area contributed by atoms with Crippen LogP contribution >= 0.6 is 11.6 Å². The number of carbonyl (C=O) groups is 2. The van der Waals surface area contributed by atoms with Crippen molar-refractivity contribution in [1.29, 1.82) is 0 Å². The van der Waals surface area contributed by atoms with E-state index in [0.717, 1.165) is 7.05 Å². The van der Waals surface area contributed by atoms with Crippen molar-refractivity contribution in [2.24, 2.45) is 12.8 Å². The summed E-state index contributed by atoms with van der Waals surface area (Å²) in [5, 5.41) is 8.50. The maximum Gasteiger partial charge on any atom is 0.436 e. The van der Waals surface area contributed by atoms with Gasteiger partial charge in [-0.25, -0.2) is 0 Å². The zero-order chi connectivity index (χ0) is 18.2. The van der Waals surface area contributed by atoms with Crippen molar-refractivity contribution in [3.05, 3.63) is 28.3 Å². The lowest BCUT2D eigenvalue weighted by molar-refractivity contribution is -0.141. The Labute approximate surface area is 138 Å². The van der Waals surface area contributed by atoms with Crippen molar-refractivity contribution >= 4 is 29.1 Å². The van der Waals surface area contributed by atoms with Gasteiger partial charge in [-0.2, -0.15) is 23.4 Å². The number of hydrogen-bond acceptors (Lipinski definition) is 4. The predicted octanol–water partition coefficient (Wildman–Crippen LogP) is 1.66. The van der Waals surface area contributed by atoms with Gasteiger partial charge in [-0.15, -0.1) is 0 Å². The summed E-state index contributed by atoms with van der Waals surface area (Å²) in [5.41, 5.74) is 3.01. The van der Waals surface area contributed by atoms with Gasteiger partial charge in [-0.1, -0.05) is 11.6 Å². The summed E-state index contributed by atoms with van der Waals surface area (Å²) < 4.78 is 40.4. The Hall–Kier alpha value is -2.56. The molecule has 2 aromatic heterocycles. The van der Waals surface area contributed by atoms with E-state index in [-0.39, 0.29) is 11.4 Å². The minimum absolute atomic E-state index is 0.0415. The quantitative estimate of drug-likeness (QED) is 0.860. The fourth-order valence-electron chi connectivity index (χ4n) is 1.96. The largest absolute Gasteiger partial charge is 0.436 e. The fraction of sp³-hybridized carbons (Fsp3) is 0.333. The Morgan fingerprint density at radius 1 is 1.38 bits per heavy atom. The van der Waals surface area contributed by atoms with Gasteiger partial charge in [-0.3, -0.25) is 19.0 Å². The number of aromatic nitrogens is 4. The first kappa shape index (κ1) is 17.8. The van der Waals surface area contributed by atoms with Gasteiger partial charge in [0.05, 0.1) is 5.69 Å². The van der Waals surface area contributed by atoms with E-state index in [9.17, 15) is 22.8 Å². The molecule has 0 saturated carbocycles. The van der Waals surface area contributed by atoms with Crippen LogP contribution in [0.25, 0.3) is 0 Å². The number of hydrogen-bond donors (Lipinski definition) is 2. The number of nitrogens with two attached hydrogens (primary N) is 1. The number of nitrogens with one attached hydrogen (secondary N) is 1. The van der Waals surface area contributed by atoms with Crippen molar-refractivity contribution in [3.63, 3.8) is 0 Å². The zero-order valence-corrected chi connectivity index (χ0v) is 13.2. The van der Waals surface area contributed by atoms with Gasteiger partial charge >= 0.3 is 6.18 Å². The van der Waals surface area contributed by atoms with Gasteiger partial charge < -0.3 is 11.1 Å². The average Bonchev–Trinajstić information content (AvgIpc) is 2.99. The van der Waals surface area contributed by atoms with Crippen molar-refractivity contribution in [2.75, 3.05) is 5.32 Å². The minimum atomic E-state index is -4.81. The molecule has 2 rings (SSSR count). The average molecular weight is 365 g/mol. The molecule has 2 aromatic rings. The number of amides is 2. The lowest BCUT2D eigenvalue weighted by Gasteiger charge is -2.05. The number of halogens is 4. The van der Waals surface area contributed by atoms with Crippen LogP contribution in [0.4, 0.5) is 18.9 Å². The van der Waals surface area contributed by atoms with E-state index < -0.39 is 34.4 Å². The van der Waals surface area contributed by atoms with Crippen LogP contribution < -0.4 is 11.1 Å². The van der Waals surface area contributed by atoms with Crippen molar-refractivity contribution in [2.45, 2.75) is 19.6 Å². The number of anilines is 1.